The third-order valence-electron chi connectivity index (χ3n) is 4.10. The number of hydrogen-bond donors (Lipinski definition) is 5. The van der Waals surface area contributed by atoms with Gasteiger partial charge in [0.15, 0.2) is 5.65 Å². The lowest BCUT2D eigenvalue weighted by Gasteiger charge is -2.20. The van der Waals surface area contributed by atoms with E-state index in [9.17, 15) is 23.5 Å². The Hall–Kier alpha value is -1.25. The first-order chi connectivity index (χ1) is 14.3. The van der Waals surface area contributed by atoms with Gasteiger partial charge in [-0.2, -0.15) is 8.62 Å². The number of ether oxygens (including phenoxy) is 2. The van der Waals surface area contributed by atoms with Gasteiger partial charge in [0.2, 0.25) is 0 Å². The molecule has 2 aromatic rings. The number of nitrogens with zero attached hydrogens (tertiary/aromatic N) is 3. The number of anilines is 1. The summed E-state index contributed by atoms with van der Waals surface area (Å²) in [4.78, 5) is 44.2. The van der Waals surface area contributed by atoms with Gasteiger partial charge in [-0.1, -0.05) is 0 Å². The second kappa shape index (κ2) is 8.94. The summed E-state index contributed by atoms with van der Waals surface area (Å²) in [6, 6.07) is 1.58. The second-order valence-corrected chi connectivity index (χ2v) is 10.7. The average Bonchev–Trinajstić information content (AvgIpc) is 3.21. The van der Waals surface area contributed by atoms with E-state index in [4.69, 9.17) is 25.0 Å². The lowest BCUT2D eigenvalue weighted by atomic mass is 10.2. The third-order valence-corrected chi connectivity index (χ3v) is 7.91. The van der Waals surface area contributed by atoms with Crippen molar-refractivity contribution in [3.8, 4) is 0 Å². The molecule has 0 spiro atoms. The maximum absolute atomic E-state index is 11.9. The Labute approximate surface area is 174 Å². The minimum absolute atomic E-state index is 0.267. The first-order valence-corrected chi connectivity index (χ1v) is 12.9. The Morgan fingerprint density at radius 1 is 1.19 bits per heavy atom. The Kier molecular flexibility index (Phi) is 7.04. The SMILES string of the molecule is COC1C[C@H](n2cnc3c(N)ccnc32)O[C@@H]1COP(=O)(O)OP(=O)(O)OP(=O)(O)O. The molecule has 1 fully saturated rings. The van der Waals surface area contributed by atoms with E-state index in [1.165, 1.54) is 19.6 Å². The zero-order chi connectivity index (χ0) is 23.0. The van der Waals surface area contributed by atoms with Crippen LogP contribution in [0.3, 0.4) is 0 Å². The van der Waals surface area contributed by atoms with E-state index in [1.54, 1.807) is 10.6 Å². The van der Waals surface area contributed by atoms with Crippen molar-refractivity contribution in [2.45, 2.75) is 24.9 Å². The van der Waals surface area contributed by atoms with Crippen molar-refractivity contribution in [1.82, 2.24) is 14.5 Å². The van der Waals surface area contributed by atoms with E-state index in [2.05, 4.69) is 23.1 Å². The van der Waals surface area contributed by atoms with Crippen LogP contribution in [0.2, 0.25) is 0 Å². The maximum Gasteiger partial charge on any atom is 0.490 e. The van der Waals surface area contributed by atoms with Gasteiger partial charge in [0.05, 0.1) is 24.7 Å². The van der Waals surface area contributed by atoms with Crippen LogP contribution in [-0.2, 0) is 36.3 Å². The average molecular weight is 504 g/mol. The predicted molar refractivity (Wildman–Crippen MR) is 101 cm³/mol. The number of pyridine rings is 1. The zero-order valence-corrected chi connectivity index (χ0v) is 18.4. The molecule has 3 rings (SSSR count). The van der Waals surface area contributed by atoms with Crippen LogP contribution in [-0.4, -0.2) is 60.0 Å². The van der Waals surface area contributed by atoms with E-state index in [0.29, 0.717) is 16.9 Å². The molecule has 6 N–H and O–H groups in total. The summed E-state index contributed by atoms with van der Waals surface area (Å²) >= 11 is 0. The summed E-state index contributed by atoms with van der Waals surface area (Å²) in [6.45, 7) is -0.638. The Morgan fingerprint density at radius 3 is 2.55 bits per heavy atom. The fourth-order valence-corrected chi connectivity index (χ4v) is 5.93. The number of aromatic nitrogens is 3. The molecule has 0 radical (unpaired) electrons. The monoisotopic (exact) mass is 504 g/mol. The van der Waals surface area contributed by atoms with Crippen molar-refractivity contribution in [1.29, 1.82) is 0 Å². The van der Waals surface area contributed by atoms with Gasteiger partial charge in [-0.3, -0.25) is 9.09 Å². The zero-order valence-electron chi connectivity index (χ0n) is 15.7. The number of nitrogens with two attached hydrogens (primary N) is 1. The molecule has 3 heterocycles. The molecule has 19 heteroatoms. The van der Waals surface area contributed by atoms with Crippen LogP contribution in [0.4, 0.5) is 5.69 Å². The summed E-state index contributed by atoms with van der Waals surface area (Å²) in [5.41, 5.74) is 7.16. The molecule has 2 aromatic heterocycles. The predicted octanol–water partition coefficient (Wildman–Crippen LogP) is 0.659. The highest BCUT2D eigenvalue weighted by Gasteiger charge is 2.43. The Morgan fingerprint density at radius 2 is 1.90 bits per heavy atom. The normalized spacial score (nSPS) is 26.0. The summed E-state index contributed by atoms with van der Waals surface area (Å²) in [5.74, 6) is 0. The number of rotatable bonds is 9. The topological polar surface area (TPSA) is 235 Å². The highest BCUT2D eigenvalue weighted by Crippen LogP contribution is 2.66. The van der Waals surface area contributed by atoms with E-state index >= 15 is 0 Å². The molecular weight excluding hydrogens is 485 g/mol. The van der Waals surface area contributed by atoms with Crippen molar-refractivity contribution in [2.24, 2.45) is 0 Å². The number of imidazole rings is 1. The lowest BCUT2D eigenvalue weighted by molar-refractivity contribution is -0.0502. The summed E-state index contributed by atoms with van der Waals surface area (Å²) in [7, 11) is -15.0. The van der Waals surface area contributed by atoms with Crippen LogP contribution in [0, 0.1) is 0 Å². The minimum atomic E-state index is -5.61. The van der Waals surface area contributed by atoms with Gasteiger partial charge in [-0.05, 0) is 6.07 Å². The highest BCUT2D eigenvalue weighted by atomic mass is 31.3. The summed E-state index contributed by atoms with van der Waals surface area (Å²) < 4.78 is 58.6. The van der Waals surface area contributed by atoms with Gasteiger partial charge < -0.3 is 34.8 Å². The second-order valence-electron chi connectivity index (χ2n) is 6.25. The highest BCUT2D eigenvalue weighted by molar-refractivity contribution is 7.66. The first kappa shape index (κ1) is 24.4. The van der Waals surface area contributed by atoms with Crippen LogP contribution < -0.4 is 5.73 Å². The molecule has 174 valence electrons. The van der Waals surface area contributed by atoms with Gasteiger partial charge in [-0.15, -0.1) is 0 Å². The van der Waals surface area contributed by atoms with E-state index in [0.717, 1.165) is 0 Å². The largest absolute Gasteiger partial charge is 0.490 e. The fraction of sp³-hybridized carbons (Fsp3) is 0.500. The Bertz CT molecular complexity index is 1090. The van der Waals surface area contributed by atoms with E-state index in [1.807, 2.05) is 0 Å². The van der Waals surface area contributed by atoms with Crippen molar-refractivity contribution < 1.29 is 55.9 Å². The molecule has 1 saturated heterocycles. The van der Waals surface area contributed by atoms with Gasteiger partial charge >= 0.3 is 23.5 Å². The molecule has 0 bridgehead atoms. The maximum atomic E-state index is 11.9. The summed E-state index contributed by atoms with van der Waals surface area (Å²) in [5, 5.41) is 0. The molecule has 1 aliphatic rings. The molecule has 0 saturated carbocycles. The van der Waals surface area contributed by atoms with Crippen LogP contribution in [0.25, 0.3) is 11.2 Å². The molecule has 31 heavy (non-hydrogen) atoms. The van der Waals surface area contributed by atoms with Crippen LogP contribution in [0.1, 0.15) is 12.6 Å². The van der Waals surface area contributed by atoms with Gasteiger partial charge in [-0.25, -0.2) is 23.7 Å². The lowest BCUT2D eigenvalue weighted by Crippen LogP contribution is -2.27. The Balaban J connectivity index is 1.67. The molecule has 1 aliphatic heterocycles. The number of phosphoric acid groups is 3. The van der Waals surface area contributed by atoms with Crippen molar-refractivity contribution in [3.63, 3.8) is 0 Å². The number of nitrogen functional groups attached to an aromatic ring is 1. The summed E-state index contributed by atoms with van der Waals surface area (Å²) in [6.07, 6.45) is 0.998. The molecule has 0 aliphatic carbocycles. The molecule has 0 aromatic carbocycles. The smallest absolute Gasteiger partial charge is 0.397 e. The van der Waals surface area contributed by atoms with Crippen molar-refractivity contribution in [3.05, 3.63) is 18.6 Å². The molecule has 0 amide bonds. The molecule has 3 unspecified atom stereocenters. The van der Waals surface area contributed by atoms with Crippen molar-refractivity contribution >= 4 is 40.3 Å². The van der Waals surface area contributed by atoms with Gasteiger partial charge in [0.25, 0.3) is 0 Å². The van der Waals surface area contributed by atoms with E-state index in [-0.39, 0.29) is 6.42 Å². The number of hydrogen-bond acceptors (Lipinski definition) is 11. The quantitative estimate of drug-likeness (QED) is 0.295. The van der Waals surface area contributed by atoms with Crippen LogP contribution in [0.15, 0.2) is 18.6 Å². The van der Waals surface area contributed by atoms with Gasteiger partial charge in [0.1, 0.15) is 17.8 Å². The van der Waals surface area contributed by atoms with Crippen LogP contribution >= 0.6 is 23.5 Å². The third kappa shape index (κ3) is 6.17. The van der Waals surface area contributed by atoms with Crippen molar-refractivity contribution in [2.75, 3.05) is 19.5 Å². The number of phosphoric ester groups is 1. The number of methoxy groups -OCH3 is 1. The minimum Gasteiger partial charge on any atom is -0.397 e. The fourth-order valence-electron chi connectivity index (χ4n) is 2.90. The standard InChI is InChI=1S/C12H19N4O12P3/c1-24-8-4-10(16-6-15-11-7(13)2-3-14-12(11)16)26-9(8)5-25-30(20,21)28-31(22,23)27-29(17,18)19/h2-3,6,8-10H,4-5H2,1H3,(H2,13,14)(H,20,21)(H,22,23)(H2,17,18,19)/t8?,9-,10-/m1/s1. The van der Waals surface area contributed by atoms with E-state index < -0.39 is 48.5 Å². The molecule has 5 atom stereocenters. The van der Waals surface area contributed by atoms with Gasteiger partial charge in [0, 0.05) is 19.7 Å². The van der Waals surface area contributed by atoms with Crippen LogP contribution in [0.5, 0.6) is 0 Å². The molecular formula is C12H19N4O12P3. The number of fused-ring (bicyclic) bond motifs is 1. The molecule has 16 nitrogen and oxygen atoms in total. The first-order valence-electron chi connectivity index (χ1n) is 8.34.